The summed E-state index contributed by atoms with van der Waals surface area (Å²) >= 11 is 0. The summed E-state index contributed by atoms with van der Waals surface area (Å²) in [7, 11) is 1.61. The Hall–Kier alpha value is -1.58. The molecule has 0 saturated heterocycles. The van der Waals surface area contributed by atoms with Crippen LogP contribution in [0, 0.1) is 0 Å². The largest absolute Gasteiger partial charge is 0.497 e. The predicted molar refractivity (Wildman–Crippen MR) is 65.7 cm³/mol. The van der Waals surface area contributed by atoms with Crippen LogP contribution in [-0.2, 0) is 4.79 Å². The predicted octanol–water partition coefficient (Wildman–Crippen LogP) is 3.15. The number of benzene rings is 1. The number of methoxy groups -OCH3 is 1. The minimum atomic E-state index is -2.02. The Morgan fingerprint density at radius 2 is 1.89 bits per heavy atom. The van der Waals surface area contributed by atoms with Crippen LogP contribution in [0.3, 0.4) is 0 Å². The molecule has 1 aromatic rings. The Kier molecular flexibility index (Phi) is 3.55. The molecule has 18 heavy (non-hydrogen) atoms. The Morgan fingerprint density at radius 3 is 2.33 bits per heavy atom. The Bertz CT molecular complexity index is 419. The van der Waals surface area contributed by atoms with Crippen molar-refractivity contribution in [3.63, 3.8) is 0 Å². The van der Waals surface area contributed by atoms with Crippen molar-refractivity contribution >= 4 is 5.97 Å². The van der Waals surface area contributed by atoms with E-state index < -0.39 is 11.6 Å². The summed E-state index contributed by atoms with van der Waals surface area (Å²) in [4.78, 5) is 10.8. The second kappa shape index (κ2) is 4.96. The first-order valence-corrected chi connectivity index (χ1v) is 6.11. The van der Waals surface area contributed by atoms with Gasteiger partial charge in [0.05, 0.1) is 7.11 Å². The molecule has 1 saturated carbocycles. The molecular weight excluding hydrogens is 235 g/mol. The summed E-state index contributed by atoms with van der Waals surface area (Å²) in [5, 5.41) is 8.83. The van der Waals surface area contributed by atoms with E-state index in [4.69, 9.17) is 9.84 Å². The van der Waals surface area contributed by atoms with Gasteiger partial charge in [0.25, 0.3) is 0 Å². The summed E-state index contributed by atoms with van der Waals surface area (Å²) in [6.45, 7) is 0. The first-order chi connectivity index (χ1) is 8.55. The van der Waals surface area contributed by atoms with Crippen molar-refractivity contribution in [1.82, 2.24) is 0 Å². The van der Waals surface area contributed by atoms with E-state index in [2.05, 4.69) is 0 Å². The number of halogens is 1. The molecule has 0 bridgehead atoms. The monoisotopic (exact) mass is 252 g/mol. The molecule has 3 nitrogen and oxygen atoms in total. The van der Waals surface area contributed by atoms with Gasteiger partial charge in [0, 0.05) is 0 Å². The fourth-order valence-corrected chi connectivity index (χ4v) is 2.50. The molecule has 4 heteroatoms. The number of carbonyl (C=O) groups is 1. The zero-order chi connectivity index (χ0) is 13.2. The van der Waals surface area contributed by atoms with Crippen molar-refractivity contribution in [3.8, 4) is 5.75 Å². The van der Waals surface area contributed by atoms with Gasteiger partial charge in [0.1, 0.15) is 5.75 Å². The van der Waals surface area contributed by atoms with Gasteiger partial charge in [0.15, 0.2) is 0 Å². The van der Waals surface area contributed by atoms with Crippen LogP contribution in [0.2, 0.25) is 0 Å². The Morgan fingerprint density at radius 1 is 1.33 bits per heavy atom. The fraction of sp³-hybridized carbons (Fsp3) is 0.500. The maximum absolute atomic E-state index is 13.9. The molecule has 1 fully saturated rings. The Labute approximate surface area is 106 Å². The maximum atomic E-state index is 13.9. The average Bonchev–Trinajstić information content (AvgIpc) is 2.40. The number of carboxylic acids is 1. The molecule has 1 aliphatic rings. The summed E-state index contributed by atoms with van der Waals surface area (Å²) in [6, 6.07) is 7.69. The van der Waals surface area contributed by atoms with E-state index in [1.165, 1.54) is 0 Å². The lowest BCUT2D eigenvalue weighted by atomic mass is 9.77. The van der Waals surface area contributed by atoms with Crippen molar-refractivity contribution in [1.29, 1.82) is 0 Å². The van der Waals surface area contributed by atoms with Crippen molar-refractivity contribution in [3.05, 3.63) is 29.8 Å². The smallest absolute Gasteiger partial charge is 0.341 e. The molecule has 0 radical (unpaired) electrons. The minimum absolute atomic E-state index is 0.0963. The van der Waals surface area contributed by atoms with Gasteiger partial charge in [-0.25, -0.2) is 9.18 Å². The van der Waals surface area contributed by atoms with Gasteiger partial charge in [0.2, 0.25) is 5.67 Å². The number of rotatable bonds is 3. The van der Waals surface area contributed by atoms with Crippen molar-refractivity contribution < 1.29 is 19.0 Å². The highest BCUT2D eigenvalue weighted by Gasteiger charge is 2.42. The summed E-state index contributed by atoms with van der Waals surface area (Å²) in [5.74, 6) is -0.283. The number of alkyl halides is 1. The molecule has 0 aromatic heterocycles. The zero-order valence-corrected chi connectivity index (χ0v) is 10.4. The molecule has 0 atom stereocenters. The van der Waals surface area contributed by atoms with E-state index in [9.17, 15) is 9.18 Å². The highest BCUT2D eigenvalue weighted by Crippen LogP contribution is 2.40. The van der Waals surface area contributed by atoms with E-state index in [0.717, 1.165) is 11.3 Å². The number of aliphatic carboxylic acids is 1. The second-order valence-corrected chi connectivity index (χ2v) is 4.82. The molecule has 98 valence electrons. The topological polar surface area (TPSA) is 46.5 Å². The fourth-order valence-electron chi connectivity index (χ4n) is 2.50. The molecule has 1 N–H and O–H groups in total. The second-order valence-electron chi connectivity index (χ2n) is 4.82. The van der Waals surface area contributed by atoms with Crippen LogP contribution in [0.1, 0.15) is 37.2 Å². The van der Waals surface area contributed by atoms with Crippen molar-refractivity contribution in [2.45, 2.75) is 37.3 Å². The molecule has 2 rings (SSSR count). The van der Waals surface area contributed by atoms with Gasteiger partial charge in [-0.15, -0.1) is 0 Å². The highest BCUT2D eigenvalue weighted by molar-refractivity contribution is 5.77. The molecule has 0 amide bonds. The van der Waals surface area contributed by atoms with Crippen LogP contribution in [-0.4, -0.2) is 23.9 Å². The molecule has 1 aliphatic carbocycles. The average molecular weight is 252 g/mol. The number of ether oxygens (including phenoxy) is 1. The lowest BCUT2D eigenvalue weighted by Crippen LogP contribution is -2.37. The van der Waals surface area contributed by atoms with Gasteiger partial charge >= 0.3 is 5.97 Å². The van der Waals surface area contributed by atoms with Crippen LogP contribution in [0.4, 0.5) is 4.39 Å². The van der Waals surface area contributed by atoms with Gasteiger partial charge in [-0.1, -0.05) is 12.1 Å². The molecule has 1 aromatic carbocycles. The van der Waals surface area contributed by atoms with Gasteiger partial charge in [-0.3, -0.25) is 0 Å². The zero-order valence-electron chi connectivity index (χ0n) is 10.4. The lowest BCUT2D eigenvalue weighted by Gasteiger charge is -2.31. The third-order valence-corrected chi connectivity index (χ3v) is 3.75. The number of carboxylic acid groups (broad SMARTS) is 1. The first-order valence-electron chi connectivity index (χ1n) is 6.11. The number of hydrogen-bond acceptors (Lipinski definition) is 2. The number of hydrogen-bond donors (Lipinski definition) is 1. The molecule has 0 unspecified atom stereocenters. The SMILES string of the molecule is COc1ccc(C2CCC(F)(C(=O)O)CC2)cc1. The minimum Gasteiger partial charge on any atom is -0.497 e. The van der Waals surface area contributed by atoms with Crippen molar-refractivity contribution in [2.75, 3.05) is 7.11 Å². The van der Waals surface area contributed by atoms with E-state index in [1.54, 1.807) is 7.11 Å². The molecular formula is C14H17FO3. The normalized spacial score (nSPS) is 27.8. The summed E-state index contributed by atoms with van der Waals surface area (Å²) in [5.41, 5.74) is -0.897. The van der Waals surface area contributed by atoms with Crippen LogP contribution in [0.25, 0.3) is 0 Å². The van der Waals surface area contributed by atoms with Crippen LogP contribution >= 0.6 is 0 Å². The van der Waals surface area contributed by atoms with Crippen LogP contribution < -0.4 is 4.74 Å². The molecule has 0 heterocycles. The Balaban J connectivity index is 2.03. The van der Waals surface area contributed by atoms with Gasteiger partial charge < -0.3 is 9.84 Å². The molecule has 0 spiro atoms. The highest BCUT2D eigenvalue weighted by atomic mass is 19.1. The molecule has 0 aliphatic heterocycles. The standard InChI is InChI=1S/C14H17FO3/c1-18-12-4-2-10(3-5-12)11-6-8-14(15,9-7-11)13(16)17/h2-5,11H,6-9H2,1H3,(H,16,17). The lowest BCUT2D eigenvalue weighted by molar-refractivity contribution is -0.153. The summed E-state index contributed by atoms with van der Waals surface area (Å²) in [6.07, 6.45) is 1.35. The van der Waals surface area contributed by atoms with E-state index in [1.807, 2.05) is 24.3 Å². The van der Waals surface area contributed by atoms with Gasteiger partial charge in [-0.2, -0.15) is 0 Å². The maximum Gasteiger partial charge on any atom is 0.341 e. The van der Waals surface area contributed by atoms with Crippen LogP contribution in [0.15, 0.2) is 24.3 Å². The van der Waals surface area contributed by atoms with E-state index in [-0.39, 0.29) is 18.8 Å². The quantitative estimate of drug-likeness (QED) is 0.898. The van der Waals surface area contributed by atoms with Crippen LogP contribution in [0.5, 0.6) is 5.75 Å². The van der Waals surface area contributed by atoms with Gasteiger partial charge in [-0.05, 0) is 49.3 Å². The van der Waals surface area contributed by atoms with Crippen molar-refractivity contribution in [2.24, 2.45) is 0 Å². The third-order valence-electron chi connectivity index (χ3n) is 3.75. The van der Waals surface area contributed by atoms with E-state index >= 15 is 0 Å². The summed E-state index contributed by atoms with van der Waals surface area (Å²) < 4.78 is 19.0. The van der Waals surface area contributed by atoms with E-state index in [0.29, 0.717) is 12.8 Å². The first kappa shape index (κ1) is 12.9. The third kappa shape index (κ3) is 2.47.